The first-order valence-electron chi connectivity index (χ1n) is 15.8. The average molecular weight is 595 g/mol. The van der Waals surface area contributed by atoms with E-state index >= 15 is 0 Å². The monoisotopic (exact) mass is 594 g/mol. The minimum Gasteiger partial charge on any atom is -0.493 e. The zero-order chi connectivity index (χ0) is 30.8. The first kappa shape index (κ1) is 32.6. The van der Waals surface area contributed by atoms with Crippen LogP contribution in [0.2, 0.25) is 0 Å². The highest BCUT2D eigenvalue weighted by Gasteiger charge is 2.44. The molecule has 9 nitrogen and oxygen atoms in total. The second-order valence-corrected chi connectivity index (χ2v) is 12.0. The standard InChI is InChI=1S/C34H50N4O5/c1-6-29(24-11-8-7-9-12-24)36-34(40)37-32(25-13-14-25)28-21-35-20-27(28)22-38(23(2)3)33(39)26-15-16-30(42-5)31(19-26)43-18-10-17-41-4/h7-9,11-12,15-16,19,23,25,27-29,32,35H,6,10,13-14,17-18,20-22H2,1-5H3,(H2,36,37,40)/t27-,28+,29+,32?/m0/s1. The van der Waals surface area contributed by atoms with Gasteiger partial charge in [-0.25, -0.2) is 4.79 Å². The fourth-order valence-corrected chi connectivity index (χ4v) is 6.12. The number of carbonyl (C=O) groups is 2. The van der Waals surface area contributed by atoms with Gasteiger partial charge in [-0.1, -0.05) is 37.3 Å². The van der Waals surface area contributed by atoms with Gasteiger partial charge in [-0.05, 0) is 74.6 Å². The number of nitrogens with zero attached hydrogens (tertiary/aromatic N) is 1. The van der Waals surface area contributed by atoms with Crippen LogP contribution in [0.1, 0.15) is 68.4 Å². The molecule has 3 N–H and O–H groups in total. The van der Waals surface area contributed by atoms with Crippen LogP contribution >= 0.6 is 0 Å². The lowest BCUT2D eigenvalue weighted by molar-refractivity contribution is 0.0650. The number of methoxy groups -OCH3 is 2. The van der Waals surface area contributed by atoms with Gasteiger partial charge in [0.1, 0.15) is 0 Å². The van der Waals surface area contributed by atoms with Crippen LogP contribution in [0.4, 0.5) is 4.79 Å². The number of benzene rings is 2. The van der Waals surface area contributed by atoms with Crippen molar-refractivity contribution < 1.29 is 23.8 Å². The van der Waals surface area contributed by atoms with Gasteiger partial charge in [-0.15, -0.1) is 0 Å². The van der Waals surface area contributed by atoms with Gasteiger partial charge in [0.2, 0.25) is 0 Å². The molecular formula is C34H50N4O5. The van der Waals surface area contributed by atoms with Crippen LogP contribution in [-0.2, 0) is 4.74 Å². The summed E-state index contributed by atoms with van der Waals surface area (Å²) >= 11 is 0. The normalized spacial score (nSPS) is 19.5. The van der Waals surface area contributed by atoms with E-state index in [-0.39, 0.29) is 41.9 Å². The van der Waals surface area contributed by atoms with Crippen molar-refractivity contribution in [2.45, 2.75) is 64.6 Å². The summed E-state index contributed by atoms with van der Waals surface area (Å²) in [6, 6.07) is 15.4. The smallest absolute Gasteiger partial charge is 0.315 e. The highest BCUT2D eigenvalue weighted by Crippen LogP contribution is 2.39. The lowest BCUT2D eigenvalue weighted by atomic mass is 9.85. The summed E-state index contributed by atoms with van der Waals surface area (Å²) in [5.41, 5.74) is 1.68. The Morgan fingerprint density at radius 3 is 2.42 bits per heavy atom. The third-order valence-corrected chi connectivity index (χ3v) is 8.67. The summed E-state index contributed by atoms with van der Waals surface area (Å²) in [4.78, 5) is 29.1. The summed E-state index contributed by atoms with van der Waals surface area (Å²) in [6.45, 7) is 9.51. The van der Waals surface area contributed by atoms with Crippen LogP contribution in [0.15, 0.2) is 48.5 Å². The molecule has 0 aromatic heterocycles. The maximum absolute atomic E-state index is 13.9. The molecule has 0 spiro atoms. The molecule has 1 saturated carbocycles. The van der Waals surface area contributed by atoms with Crippen molar-refractivity contribution in [2.75, 3.05) is 47.1 Å². The van der Waals surface area contributed by atoms with E-state index in [1.165, 1.54) is 0 Å². The number of ether oxygens (including phenoxy) is 3. The van der Waals surface area contributed by atoms with Crippen molar-refractivity contribution in [3.8, 4) is 11.5 Å². The molecule has 43 heavy (non-hydrogen) atoms. The molecular weight excluding hydrogens is 544 g/mol. The maximum atomic E-state index is 13.9. The van der Waals surface area contributed by atoms with Crippen LogP contribution in [0, 0.1) is 17.8 Å². The third-order valence-electron chi connectivity index (χ3n) is 8.67. The third kappa shape index (κ3) is 8.86. The van der Waals surface area contributed by atoms with E-state index in [4.69, 9.17) is 14.2 Å². The molecule has 0 bridgehead atoms. The van der Waals surface area contributed by atoms with Crippen molar-refractivity contribution >= 4 is 11.9 Å². The van der Waals surface area contributed by atoms with Gasteiger partial charge in [-0.2, -0.15) is 0 Å². The van der Waals surface area contributed by atoms with Crippen molar-refractivity contribution in [1.29, 1.82) is 0 Å². The molecule has 2 fully saturated rings. The Morgan fingerprint density at radius 2 is 1.77 bits per heavy atom. The lowest BCUT2D eigenvalue weighted by Gasteiger charge is -2.35. The van der Waals surface area contributed by atoms with Crippen LogP contribution in [0.3, 0.4) is 0 Å². The Hall–Kier alpha value is -3.30. The predicted molar refractivity (Wildman–Crippen MR) is 169 cm³/mol. The Bertz CT molecular complexity index is 1170. The van der Waals surface area contributed by atoms with Gasteiger partial charge in [0.05, 0.1) is 19.8 Å². The topological polar surface area (TPSA) is 101 Å². The Labute approximate surface area is 257 Å². The summed E-state index contributed by atoms with van der Waals surface area (Å²) < 4.78 is 16.5. The zero-order valence-electron chi connectivity index (χ0n) is 26.4. The number of urea groups is 1. The van der Waals surface area contributed by atoms with Gasteiger partial charge >= 0.3 is 6.03 Å². The quantitative estimate of drug-likeness (QED) is 0.236. The number of amides is 3. The summed E-state index contributed by atoms with van der Waals surface area (Å²) in [7, 11) is 3.26. The Morgan fingerprint density at radius 1 is 1.00 bits per heavy atom. The highest BCUT2D eigenvalue weighted by atomic mass is 16.5. The molecule has 4 rings (SSSR count). The number of rotatable bonds is 16. The zero-order valence-corrected chi connectivity index (χ0v) is 26.4. The van der Waals surface area contributed by atoms with Gasteiger partial charge < -0.3 is 35.1 Å². The van der Waals surface area contributed by atoms with E-state index in [2.05, 4.69) is 48.9 Å². The molecule has 1 saturated heterocycles. The van der Waals surface area contributed by atoms with E-state index in [1.54, 1.807) is 32.4 Å². The second kappa shape index (κ2) is 16.0. The van der Waals surface area contributed by atoms with Crippen LogP contribution in [-0.4, -0.2) is 76.0 Å². The number of hydrogen-bond donors (Lipinski definition) is 3. The van der Waals surface area contributed by atoms with Crippen molar-refractivity contribution in [3.05, 3.63) is 59.7 Å². The fourth-order valence-electron chi connectivity index (χ4n) is 6.12. The number of carbonyl (C=O) groups excluding carboxylic acids is 2. The van der Waals surface area contributed by atoms with Gasteiger partial charge in [-0.3, -0.25) is 4.79 Å². The minimum absolute atomic E-state index is 0.00809. The summed E-state index contributed by atoms with van der Waals surface area (Å²) in [5, 5.41) is 10.1. The first-order chi connectivity index (χ1) is 20.9. The first-order valence-corrected chi connectivity index (χ1v) is 15.8. The molecule has 1 aliphatic carbocycles. The fraction of sp³-hybridized carbons (Fsp3) is 0.588. The molecule has 1 unspecified atom stereocenters. The van der Waals surface area contributed by atoms with E-state index in [9.17, 15) is 9.59 Å². The average Bonchev–Trinajstić information content (AvgIpc) is 3.76. The molecule has 1 heterocycles. The van der Waals surface area contributed by atoms with Gasteiger partial charge in [0.25, 0.3) is 5.91 Å². The van der Waals surface area contributed by atoms with Gasteiger partial charge in [0, 0.05) is 57.4 Å². The van der Waals surface area contributed by atoms with E-state index in [0.717, 1.165) is 44.3 Å². The Balaban J connectivity index is 1.44. The van der Waals surface area contributed by atoms with Crippen molar-refractivity contribution in [3.63, 3.8) is 0 Å². The van der Waals surface area contributed by atoms with E-state index < -0.39 is 0 Å². The van der Waals surface area contributed by atoms with Crippen molar-refractivity contribution in [2.24, 2.45) is 17.8 Å². The molecule has 4 atom stereocenters. The summed E-state index contributed by atoms with van der Waals surface area (Å²) in [5.74, 6) is 2.04. The molecule has 3 amide bonds. The minimum atomic E-state index is -0.119. The number of nitrogens with one attached hydrogen (secondary N) is 3. The number of hydrogen-bond acceptors (Lipinski definition) is 6. The molecule has 0 radical (unpaired) electrons. The largest absolute Gasteiger partial charge is 0.493 e. The molecule has 236 valence electrons. The van der Waals surface area contributed by atoms with Crippen LogP contribution in [0.25, 0.3) is 0 Å². The SMILES string of the molecule is CC[C@@H](NC(=O)NC(C1CC1)[C@@H]1CNC[C@H]1CN(C(=O)c1ccc(OC)c(OCCCOC)c1)C(C)C)c1ccccc1. The lowest BCUT2D eigenvalue weighted by Crippen LogP contribution is -2.51. The molecule has 2 aromatic carbocycles. The van der Waals surface area contributed by atoms with Crippen molar-refractivity contribution in [1.82, 2.24) is 20.9 Å². The second-order valence-electron chi connectivity index (χ2n) is 12.0. The highest BCUT2D eigenvalue weighted by molar-refractivity contribution is 5.95. The van der Waals surface area contributed by atoms with Crippen LogP contribution in [0.5, 0.6) is 11.5 Å². The van der Waals surface area contributed by atoms with Crippen LogP contribution < -0.4 is 25.4 Å². The molecule has 2 aromatic rings. The Kier molecular flexibility index (Phi) is 12.1. The molecule has 9 heteroatoms. The van der Waals surface area contributed by atoms with E-state index in [1.807, 2.05) is 23.1 Å². The molecule has 2 aliphatic rings. The molecule has 1 aliphatic heterocycles. The van der Waals surface area contributed by atoms with Gasteiger partial charge in [0.15, 0.2) is 11.5 Å². The maximum Gasteiger partial charge on any atom is 0.315 e. The summed E-state index contributed by atoms with van der Waals surface area (Å²) in [6.07, 6.45) is 3.80. The van der Waals surface area contributed by atoms with E-state index in [0.29, 0.717) is 42.7 Å². The predicted octanol–water partition coefficient (Wildman–Crippen LogP) is 5.03.